The number of nitrogens with zero attached hydrogens (tertiary/aromatic N) is 2. The molecule has 33 heavy (non-hydrogen) atoms. The molecule has 4 rings (SSSR count). The molecule has 0 radical (unpaired) electrons. The Balaban J connectivity index is 1.74. The highest BCUT2D eigenvalue weighted by molar-refractivity contribution is 8.00. The quantitative estimate of drug-likeness (QED) is 0.421. The van der Waals surface area contributed by atoms with Gasteiger partial charge in [-0.2, -0.15) is 0 Å². The first-order valence-corrected chi connectivity index (χ1v) is 12.9. The van der Waals surface area contributed by atoms with Crippen LogP contribution in [0.15, 0.2) is 60.0 Å². The van der Waals surface area contributed by atoms with Gasteiger partial charge in [-0.05, 0) is 49.1 Å². The van der Waals surface area contributed by atoms with E-state index in [1.807, 2.05) is 35.2 Å². The van der Waals surface area contributed by atoms with E-state index in [4.69, 9.17) is 4.78 Å². The van der Waals surface area contributed by atoms with Crippen molar-refractivity contribution >= 4 is 43.4 Å². The SMILES string of the molecule is C=C(Nc1cccc(S(=C)(C)=N)c1)c1cc2ccc(F)cc2nc1N1CCCC(F)(F)CC1. The van der Waals surface area contributed by atoms with Gasteiger partial charge in [0, 0.05) is 59.2 Å². The minimum absolute atomic E-state index is 0.151. The van der Waals surface area contributed by atoms with E-state index in [2.05, 4.69) is 22.8 Å². The van der Waals surface area contributed by atoms with E-state index in [1.54, 1.807) is 12.3 Å². The highest BCUT2D eigenvalue weighted by Gasteiger charge is 2.32. The van der Waals surface area contributed by atoms with Crippen LogP contribution in [0.4, 0.5) is 24.7 Å². The number of aromatic nitrogens is 1. The van der Waals surface area contributed by atoms with Gasteiger partial charge in [0.15, 0.2) is 0 Å². The molecule has 0 spiro atoms. The molecule has 1 aliphatic heterocycles. The van der Waals surface area contributed by atoms with Gasteiger partial charge in [-0.3, -0.25) is 4.78 Å². The summed E-state index contributed by atoms with van der Waals surface area (Å²) in [7, 11) is -1.90. The molecule has 4 nitrogen and oxygen atoms in total. The highest BCUT2D eigenvalue weighted by Crippen LogP contribution is 2.34. The molecule has 1 aliphatic rings. The van der Waals surface area contributed by atoms with Crippen LogP contribution in [-0.2, 0) is 9.41 Å². The van der Waals surface area contributed by atoms with E-state index in [9.17, 15) is 13.2 Å². The zero-order valence-corrected chi connectivity index (χ0v) is 19.3. The lowest BCUT2D eigenvalue weighted by Crippen LogP contribution is -2.28. The Morgan fingerprint density at radius 3 is 2.70 bits per heavy atom. The smallest absolute Gasteiger partial charge is 0.249 e. The molecule has 0 bridgehead atoms. The van der Waals surface area contributed by atoms with Gasteiger partial charge in [0.05, 0.1) is 5.52 Å². The molecule has 8 heteroatoms. The number of fused-ring (bicyclic) bond motifs is 1. The predicted octanol–water partition coefficient (Wildman–Crippen LogP) is 6.42. The summed E-state index contributed by atoms with van der Waals surface area (Å²) in [6, 6.07) is 13.7. The van der Waals surface area contributed by atoms with Crippen LogP contribution in [0.25, 0.3) is 16.6 Å². The van der Waals surface area contributed by atoms with Gasteiger partial charge < -0.3 is 10.2 Å². The Hall–Kier alpha value is -3.00. The van der Waals surface area contributed by atoms with Gasteiger partial charge in [0.25, 0.3) is 0 Å². The molecule has 1 saturated heterocycles. The Kier molecular flexibility index (Phi) is 6.14. The van der Waals surface area contributed by atoms with E-state index in [0.717, 1.165) is 16.0 Å². The number of anilines is 2. The van der Waals surface area contributed by atoms with Crippen LogP contribution in [0.2, 0.25) is 0 Å². The summed E-state index contributed by atoms with van der Waals surface area (Å²) in [5.41, 5.74) is 2.42. The van der Waals surface area contributed by atoms with Crippen molar-refractivity contribution in [3.63, 3.8) is 0 Å². The fraction of sp³-hybridized carbons (Fsp3) is 0.280. The van der Waals surface area contributed by atoms with Crippen molar-refractivity contribution < 1.29 is 13.2 Å². The van der Waals surface area contributed by atoms with Gasteiger partial charge in [-0.15, -0.1) is 9.41 Å². The van der Waals surface area contributed by atoms with Crippen LogP contribution in [0.3, 0.4) is 0 Å². The normalized spacial score (nSPS) is 17.9. The van der Waals surface area contributed by atoms with Gasteiger partial charge in [0.2, 0.25) is 5.92 Å². The number of hydrogen-bond donors (Lipinski definition) is 2. The topological polar surface area (TPSA) is 52.0 Å². The minimum atomic E-state index is -2.70. The summed E-state index contributed by atoms with van der Waals surface area (Å²) in [6.07, 6.45) is 1.71. The third-order valence-corrected chi connectivity index (χ3v) is 7.05. The molecule has 1 atom stereocenters. The van der Waals surface area contributed by atoms with Crippen LogP contribution in [0, 0.1) is 10.6 Å². The third kappa shape index (κ3) is 5.33. The molecule has 0 saturated carbocycles. The summed E-state index contributed by atoms with van der Waals surface area (Å²) in [6.45, 7) is 4.77. The fourth-order valence-electron chi connectivity index (χ4n) is 3.96. The fourth-order valence-corrected chi connectivity index (χ4v) is 4.73. The maximum Gasteiger partial charge on any atom is 0.249 e. The van der Waals surface area contributed by atoms with Gasteiger partial charge >= 0.3 is 0 Å². The zero-order chi connectivity index (χ0) is 23.8. The lowest BCUT2D eigenvalue weighted by molar-refractivity contribution is -0.0102. The molecule has 2 N–H and O–H groups in total. The Morgan fingerprint density at radius 1 is 1.15 bits per heavy atom. The lowest BCUT2D eigenvalue weighted by Gasteiger charge is -2.26. The number of nitrogens with one attached hydrogen (secondary N) is 2. The number of rotatable bonds is 5. The second-order valence-electron chi connectivity index (χ2n) is 8.61. The monoisotopic (exact) mass is 472 g/mol. The number of pyridine rings is 1. The molecule has 174 valence electrons. The van der Waals surface area contributed by atoms with Crippen LogP contribution in [0.1, 0.15) is 24.8 Å². The van der Waals surface area contributed by atoms with Crippen molar-refractivity contribution in [2.45, 2.75) is 30.1 Å². The van der Waals surface area contributed by atoms with Crippen LogP contribution >= 0.6 is 0 Å². The van der Waals surface area contributed by atoms with Gasteiger partial charge in [0.1, 0.15) is 11.6 Å². The van der Waals surface area contributed by atoms with Gasteiger partial charge in [-0.25, -0.2) is 18.2 Å². The maximum absolute atomic E-state index is 14.0. The van der Waals surface area contributed by atoms with Crippen molar-refractivity contribution in [3.8, 4) is 0 Å². The average molecular weight is 473 g/mol. The summed E-state index contributed by atoms with van der Waals surface area (Å²) in [5.74, 6) is 1.35. The first kappa shape index (κ1) is 23.2. The lowest BCUT2D eigenvalue weighted by atomic mass is 10.1. The standard InChI is InChI=1S/C25H27F3N4S/c1-17(30-20-6-4-7-21(16-20)33(2,3)29)22-14-18-8-9-19(26)15-23(18)31-24(22)32-12-5-10-25(27,28)11-13-32/h4,6-9,14-16,29-30H,1-2,5,10-13H2,3H3. The molecule has 1 unspecified atom stereocenters. The Labute approximate surface area is 192 Å². The number of halogens is 3. The van der Waals surface area contributed by atoms with Crippen molar-refractivity contribution in [2.24, 2.45) is 0 Å². The Bertz CT molecular complexity index is 1320. The van der Waals surface area contributed by atoms with Crippen molar-refractivity contribution in [1.82, 2.24) is 4.98 Å². The van der Waals surface area contributed by atoms with E-state index >= 15 is 0 Å². The van der Waals surface area contributed by atoms with E-state index in [0.29, 0.717) is 35.6 Å². The van der Waals surface area contributed by atoms with Crippen LogP contribution < -0.4 is 10.2 Å². The summed E-state index contributed by atoms with van der Waals surface area (Å²) in [5, 5.41) is 4.01. The first-order valence-electron chi connectivity index (χ1n) is 10.7. The van der Waals surface area contributed by atoms with Gasteiger partial charge in [-0.1, -0.05) is 18.5 Å². The summed E-state index contributed by atoms with van der Waals surface area (Å²) in [4.78, 5) is 7.33. The second kappa shape index (κ2) is 8.74. The molecule has 2 aromatic carbocycles. The largest absolute Gasteiger partial charge is 0.356 e. The van der Waals surface area contributed by atoms with E-state index < -0.39 is 21.2 Å². The van der Waals surface area contributed by atoms with Crippen molar-refractivity contribution in [3.05, 3.63) is 66.5 Å². The molecule has 2 heterocycles. The zero-order valence-electron chi connectivity index (χ0n) is 18.5. The molecule has 1 aromatic heterocycles. The minimum Gasteiger partial charge on any atom is -0.356 e. The molecular formula is C25H27F3N4S. The number of hydrogen-bond acceptors (Lipinski definition) is 4. The summed E-state index contributed by atoms with van der Waals surface area (Å²) < 4.78 is 50.1. The molecule has 0 amide bonds. The summed E-state index contributed by atoms with van der Waals surface area (Å²) >= 11 is 0. The van der Waals surface area contributed by atoms with E-state index in [1.165, 1.54) is 12.1 Å². The van der Waals surface area contributed by atoms with Crippen LogP contribution in [-0.4, -0.2) is 36.1 Å². The number of alkyl halides is 2. The number of benzene rings is 2. The maximum atomic E-state index is 14.0. The van der Waals surface area contributed by atoms with E-state index in [-0.39, 0.29) is 19.4 Å². The predicted molar refractivity (Wildman–Crippen MR) is 133 cm³/mol. The highest BCUT2D eigenvalue weighted by atomic mass is 32.2. The molecular weight excluding hydrogens is 445 g/mol. The average Bonchev–Trinajstić information content (AvgIpc) is 2.92. The van der Waals surface area contributed by atoms with Crippen LogP contribution in [0.5, 0.6) is 0 Å². The molecule has 1 fully saturated rings. The van der Waals surface area contributed by atoms with Crippen molar-refractivity contribution in [1.29, 1.82) is 4.78 Å². The van der Waals surface area contributed by atoms with Crippen molar-refractivity contribution in [2.75, 3.05) is 29.6 Å². The first-order chi connectivity index (χ1) is 15.5. The molecule has 0 aliphatic carbocycles. The Morgan fingerprint density at radius 2 is 1.94 bits per heavy atom. The third-order valence-electron chi connectivity index (χ3n) is 5.75. The second-order valence-corrected chi connectivity index (χ2v) is 11.3. The molecule has 3 aromatic rings.